The van der Waals surface area contributed by atoms with Gasteiger partial charge in [0.05, 0.1) is 15.6 Å². The second-order valence-corrected chi connectivity index (χ2v) is 10.4. The predicted octanol–water partition coefficient (Wildman–Crippen LogP) is 6.11. The number of halogens is 8. The largest absolute Gasteiger partial charge is 0.486 e. The molecule has 2 unspecified atom stereocenters. The summed E-state index contributed by atoms with van der Waals surface area (Å²) < 4.78 is 110. The zero-order chi connectivity index (χ0) is 30.3. The number of fused-ring (bicyclic) bond motifs is 1. The molecule has 2 aromatic carbocycles. The Morgan fingerprint density at radius 2 is 1.80 bits per heavy atom. The van der Waals surface area contributed by atoms with Gasteiger partial charge in [-0.1, -0.05) is 35.3 Å². The van der Waals surface area contributed by atoms with Gasteiger partial charge in [-0.15, -0.1) is 0 Å². The van der Waals surface area contributed by atoms with Crippen molar-refractivity contribution in [3.05, 3.63) is 57.7 Å². The van der Waals surface area contributed by atoms with Crippen LogP contribution in [0.15, 0.2) is 41.3 Å². The first kappa shape index (κ1) is 30.3. The number of amides is 1. The van der Waals surface area contributed by atoms with Crippen molar-refractivity contribution in [1.82, 2.24) is 9.78 Å². The van der Waals surface area contributed by atoms with Crippen LogP contribution in [0.25, 0.3) is 5.69 Å². The molecule has 3 aromatic rings. The van der Waals surface area contributed by atoms with E-state index in [1.165, 1.54) is 6.07 Å². The number of rotatable bonds is 5. The number of alkyl halides is 6. The van der Waals surface area contributed by atoms with Gasteiger partial charge in [0.15, 0.2) is 39.9 Å². The van der Waals surface area contributed by atoms with Crippen molar-refractivity contribution < 1.29 is 49.6 Å². The highest BCUT2D eigenvalue weighted by molar-refractivity contribution is 7.86. The highest BCUT2D eigenvalue weighted by Gasteiger charge is 2.45. The summed E-state index contributed by atoms with van der Waals surface area (Å²) in [5, 5.41) is 11.6. The van der Waals surface area contributed by atoms with E-state index in [1.807, 2.05) is 0 Å². The SMILES string of the molecule is CN(C(=O)OCC1COc2ccccc2O1)c1c(S(=O)C(F)(F)F)c(C#N)nn1-c1c(Cl)cc(C(F)(F)F)cc1Cl. The molecule has 0 N–H and O–H groups in total. The van der Waals surface area contributed by atoms with Crippen molar-refractivity contribution in [2.24, 2.45) is 0 Å². The Labute approximate surface area is 239 Å². The molecule has 0 spiro atoms. The van der Waals surface area contributed by atoms with Crippen molar-refractivity contribution in [2.75, 3.05) is 25.2 Å². The highest BCUT2D eigenvalue weighted by Crippen LogP contribution is 2.42. The molecule has 0 fully saturated rings. The lowest BCUT2D eigenvalue weighted by molar-refractivity contribution is -0.137. The average molecular weight is 643 g/mol. The summed E-state index contributed by atoms with van der Waals surface area (Å²) in [5.74, 6) is -0.166. The fourth-order valence-electron chi connectivity index (χ4n) is 3.63. The Morgan fingerprint density at radius 1 is 1.20 bits per heavy atom. The monoisotopic (exact) mass is 642 g/mol. The van der Waals surface area contributed by atoms with Crippen molar-refractivity contribution in [2.45, 2.75) is 22.7 Å². The zero-order valence-electron chi connectivity index (χ0n) is 20.2. The maximum absolute atomic E-state index is 13.6. The Morgan fingerprint density at radius 3 is 2.37 bits per heavy atom. The maximum Gasteiger partial charge on any atom is 0.476 e. The molecule has 1 aromatic heterocycles. The highest BCUT2D eigenvalue weighted by atomic mass is 35.5. The van der Waals surface area contributed by atoms with E-state index >= 15 is 0 Å². The van der Waals surface area contributed by atoms with Crippen LogP contribution in [0.5, 0.6) is 11.5 Å². The van der Waals surface area contributed by atoms with Gasteiger partial charge in [0.25, 0.3) is 0 Å². The molecule has 0 saturated heterocycles. The maximum atomic E-state index is 13.6. The third-order valence-corrected chi connectivity index (χ3v) is 7.17. The number of nitriles is 1. The summed E-state index contributed by atoms with van der Waals surface area (Å²) >= 11 is 12.0. The topological polar surface area (TPSA) is 107 Å². The first-order valence-electron chi connectivity index (χ1n) is 11.0. The normalized spacial score (nSPS) is 15.7. The van der Waals surface area contributed by atoms with Gasteiger partial charge >= 0.3 is 17.8 Å². The molecule has 0 aliphatic carbocycles. The molecule has 1 aliphatic heterocycles. The molecule has 1 amide bonds. The Balaban J connectivity index is 1.75. The number of carbonyl (C=O) groups is 1. The molecule has 2 heterocycles. The summed E-state index contributed by atoms with van der Waals surface area (Å²) in [4.78, 5) is 12.1. The first-order valence-corrected chi connectivity index (χ1v) is 12.9. The van der Waals surface area contributed by atoms with Gasteiger partial charge in [0.2, 0.25) is 0 Å². The van der Waals surface area contributed by atoms with Crippen LogP contribution < -0.4 is 14.4 Å². The van der Waals surface area contributed by atoms with Crippen LogP contribution in [-0.4, -0.2) is 52.0 Å². The fourth-order valence-corrected chi connectivity index (χ4v) is 5.16. The van der Waals surface area contributed by atoms with E-state index in [2.05, 4.69) is 5.10 Å². The number of hydrogen-bond donors (Lipinski definition) is 0. The lowest BCUT2D eigenvalue weighted by Crippen LogP contribution is -2.37. The average Bonchev–Trinajstić information content (AvgIpc) is 3.28. The molecule has 0 saturated carbocycles. The van der Waals surface area contributed by atoms with Crippen LogP contribution in [0.4, 0.5) is 37.0 Å². The number of benzene rings is 2. The Kier molecular flexibility index (Phi) is 8.35. The van der Waals surface area contributed by atoms with Gasteiger partial charge in [-0.2, -0.15) is 36.7 Å². The minimum Gasteiger partial charge on any atom is -0.486 e. The van der Waals surface area contributed by atoms with E-state index in [9.17, 15) is 40.6 Å². The molecular weight excluding hydrogens is 629 g/mol. The van der Waals surface area contributed by atoms with Crippen LogP contribution in [0.3, 0.4) is 0 Å². The van der Waals surface area contributed by atoms with E-state index in [0.29, 0.717) is 33.2 Å². The number of nitrogens with zero attached hydrogens (tertiary/aromatic N) is 4. The summed E-state index contributed by atoms with van der Waals surface area (Å²) in [5.41, 5.74) is -8.43. The molecule has 218 valence electrons. The molecule has 0 radical (unpaired) electrons. The molecule has 1 aliphatic rings. The summed E-state index contributed by atoms with van der Waals surface area (Å²) in [6, 6.07) is 8.76. The third kappa shape index (κ3) is 6.16. The molecular formula is C23H14Cl2F6N4O5S. The van der Waals surface area contributed by atoms with Crippen molar-refractivity contribution >= 4 is 45.9 Å². The third-order valence-electron chi connectivity index (χ3n) is 5.43. The summed E-state index contributed by atoms with van der Waals surface area (Å²) in [6.45, 7) is -0.513. The molecule has 41 heavy (non-hydrogen) atoms. The second-order valence-electron chi connectivity index (χ2n) is 8.16. The lowest BCUT2D eigenvalue weighted by atomic mass is 10.2. The standard InChI is InChI=1S/C23H14Cl2F6N4O5S/c1-34(21(36)39-10-12-9-38-16-4-2-3-5-17(16)40-12)20-19(41(37)23(29,30)31)15(8-32)33-35(20)18-13(24)6-11(7-14(18)25)22(26,27)28/h2-7,12H,9-10H2,1H3. The van der Waals surface area contributed by atoms with Gasteiger partial charge < -0.3 is 14.2 Å². The summed E-state index contributed by atoms with van der Waals surface area (Å²) in [6.07, 6.45) is -7.06. The fraction of sp³-hybridized carbons (Fsp3) is 0.261. The van der Waals surface area contributed by atoms with E-state index in [-0.39, 0.29) is 6.61 Å². The number of anilines is 1. The van der Waals surface area contributed by atoms with E-state index < -0.39 is 79.0 Å². The van der Waals surface area contributed by atoms with Crippen LogP contribution >= 0.6 is 23.2 Å². The minimum atomic E-state index is -5.44. The smallest absolute Gasteiger partial charge is 0.476 e. The van der Waals surface area contributed by atoms with E-state index in [1.54, 1.807) is 24.3 Å². The number of aromatic nitrogens is 2. The summed E-state index contributed by atoms with van der Waals surface area (Å²) in [7, 11) is -3.05. The number of para-hydroxylation sites is 2. The minimum absolute atomic E-state index is 0.0510. The second kappa shape index (κ2) is 11.3. The van der Waals surface area contributed by atoms with Gasteiger partial charge in [-0.05, 0) is 24.3 Å². The number of carbonyl (C=O) groups excluding carboxylic acids is 1. The van der Waals surface area contributed by atoms with E-state index in [4.69, 9.17) is 37.4 Å². The molecule has 0 bridgehead atoms. The van der Waals surface area contributed by atoms with Crippen LogP contribution in [0.1, 0.15) is 11.3 Å². The van der Waals surface area contributed by atoms with Crippen molar-refractivity contribution in [1.29, 1.82) is 5.26 Å². The molecule has 18 heteroatoms. The Bertz CT molecular complexity index is 1550. The van der Waals surface area contributed by atoms with Gasteiger partial charge in [-0.3, -0.25) is 4.90 Å². The molecule has 4 rings (SSSR count). The lowest BCUT2D eigenvalue weighted by Gasteiger charge is -2.27. The zero-order valence-corrected chi connectivity index (χ0v) is 22.5. The number of ether oxygens (including phenoxy) is 3. The van der Waals surface area contributed by atoms with Crippen molar-refractivity contribution in [3.63, 3.8) is 0 Å². The van der Waals surface area contributed by atoms with Crippen molar-refractivity contribution in [3.8, 4) is 23.3 Å². The number of hydrogen-bond acceptors (Lipinski definition) is 7. The predicted molar refractivity (Wildman–Crippen MR) is 132 cm³/mol. The van der Waals surface area contributed by atoms with Crippen LogP contribution in [-0.2, 0) is 21.7 Å². The molecule has 9 nitrogen and oxygen atoms in total. The van der Waals surface area contributed by atoms with E-state index in [0.717, 1.165) is 7.05 Å². The van der Waals surface area contributed by atoms with Gasteiger partial charge in [-0.25, -0.2) is 13.7 Å². The first-order chi connectivity index (χ1) is 19.1. The van der Waals surface area contributed by atoms with Gasteiger partial charge in [0, 0.05) is 7.05 Å². The van der Waals surface area contributed by atoms with Crippen LogP contribution in [0, 0.1) is 11.3 Å². The molecule has 2 atom stereocenters. The van der Waals surface area contributed by atoms with Crippen LogP contribution in [0.2, 0.25) is 10.0 Å². The Hall–Kier alpha value is -3.68. The quantitative estimate of drug-likeness (QED) is 0.309. The van der Waals surface area contributed by atoms with Gasteiger partial charge in [0.1, 0.15) is 29.9 Å².